The van der Waals surface area contributed by atoms with Crippen LogP contribution >= 0.6 is 0 Å². The molecule has 0 atom stereocenters. The highest BCUT2D eigenvalue weighted by Crippen LogP contribution is 2.24. The Hall–Kier alpha value is -3.68. The van der Waals surface area contributed by atoms with Crippen LogP contribution in [0.2, 0.25) is 0 Å². The summed E-state index contributed by atoms with van der Waals surface area (Å²) in [5, 5.41) is 18.2. The van der Waals surface area contributed by atoms with Crippen molar-refractivity contribution in [2.24, 2.45) is 0 Å². The lowest BCUT2D eigenvalue weighted by molar-refractivity contribution is -0.385. The number of carbonyl (C=O) groups excluding carboxylic acids is 1. The molecule has 3 rings (SSSR count). The first-order valence-corrected chi connectivity index (χ1v) is 9.07. The van der Waals surface area contributed by atoms with Crippen LogP contribution in [0, 0.1) is 37.8 Å². The number of anilines is 1. The first-order valence-electron chi connectivity index (χ1n) is 9.07. The van der Waals surface area contributed by atoms with Gasteiger partial charge in [0.2, 0.25) is 0 Å². The molecule has 0 aliphatic rings. The van der Waals surface area contributed by atoms with Gasteiger partial charge >= 0.3 is 0 Å². The molecule has 0 radical (unpaired) electrons. The fourth-order valence-corrected chi connectivity index (χ4v) is 3.01. The SMILES string of the molecule is Cc1ccc(-n2nc(C)c(NC(=O)COc3ccc([N+](=O)[O-])c(C)c3)c2C)cc1. The molecule has 1 amide bonds. The second-order valence-electron chi connectivity index (χ2n) is 6.84. The number of rotatable bonds is 6. The molecule has 29 heavy (non-hydrogen) atoms. The van der Waals surface area contributed by atoms with Crippen LogP contribution in [0.5, 0.6) is 5.75 Å². The zero-order valence-corrected chi connectivity index (χ0v) is 16.7. The maximum absolute atomic E-state index is 12.4. The van der Waals surface area contributed by atoms with Crippen LogP contribution in [0.4, 0.5) is 11.4 Å². The van der Waals surface area contributed by atoms with Gasteiger partial charge in [-0.1, -0.05) is 17.7 Å². The predicted octanol–water partition coefficient (Wildman–Crippen LogP) is 4.03. The molecule has 0 fully saturated rings. The van der Waals surface area contributed by atoms with E-state index in [9.17, 15) is 14.9 Å². The summed E-state index contributed by atoms with van der Waals surface area (Å²) in [5.74, 6) is 0.0581. The highest BCUT2D eigenvalue weighted by atomic mass is 16.6. The van der Waals surface area contributed by atoms with Gasteiger partial charge in [0, 0.05) is 11.6 Å². The summed E-state index contributed by atoms with van der Waals surface area (Å²) in [6.45, 7) is 7.13. The summed E-state index contributed by atoms with van der Waals surface area (Å²) >= 11 is 0. The molecule has 2 aromatic carbocycles. The minimum absolute atomic E-state index is 0.0107. The van der Waals surface area contributed by atoms with Crippen molar-refractivity contribution in [3.8, 4) is 11.4 Å². The molecule has 1 aromatic heterocycles. The van der Waals surface area contributed by atoms with Gasteiger partial charge in [0.25, 0.3) is 11.6 Å². The molecule has 0 aliphatic heterocycles. The molecule has 0 bridgehead atoms. The van der Waals surface area contributed by atoms with E-state index in [2.05, 4.69) is 10.4 Å². The van der Waals surface area contributed by atoms with E-state index < -0.39 is 4.92 Å². The molecule has 1 heterocycles. The smallest absolute Gasteiger partial charge is 0.272 e. The molecule has 3 aromatic rings. The number of hydrogen-bond acceptors (Lipinski definition) is 5. The van der Waals surface area contributed by atoms with Crippen LogP contribution in [0.3, 0.4) is 0 Å². The van der Waals surface area contributed by atoms with Crippen LogP contribution in [0.1, 0.15) is 22.5 Å². The summed E-state index contributed by atoms with van der Waals surface area (Å²) < 4.78 is 7.26. The lowest BCUT2D eigenvalue weighted by Crippen LogP contribution is -2.21. The van der Waals surface area contributed by atoms with Gasteiger partial charge in [-0.3, -0.25) is 14.9 Å². The fraction of sp³-hybridized carbons (Fsp3) is 0.238. The topological polar surface area (TPSA) is 99.3 Å². The normalized spacial score (nSPS) is 10.6. The summed E-state index contributed by atoms with van der Waals surface area (Å²) in [6, 6.07) is 12.3. The molecule has 1 N–H and O–H groups in total. The highest BCUT2D eigenvalue weighted by Gasteiger charge is 2.16. The molecule has 150 valence electrons. The summed E-state index contributed by atoms with van der Waals surface area (Å²) in [6.07, 6.45) is 0. The maximum Gasteiger partial charge on any atom is 0.272 e. The fourth-order valence-electron chi connectivity index (χ4n) is 3.01. The number of hydrogen-bond donors (Lipinski definition) is 1. The monoisotopic (exact) mass is 394 g/mol. The third-order valence-corrected chi connectivity index (χ3v) is 4.57. The molecule has 0 aliphatic carbocycles. The Morgan fingerprint density at radius 1 is 1.14 bits per heavy atom. The van der Waals surface area contributed by atoms with Crippen LogP contribution in [-0.4, -0.2) is 27.2 Å². The Labute approximate surface area is 168 Å². The van der Waals surface area contributed by atoms with Crippen molar-refractivity contribution in [2.75, 3.05) is 11.9 Å². The van der Waals surface area contributed by atoms with Gasteiger partial charge in [0.1, 0.15) is 5.75 Å². The number of nitro groups is 1. The Kier molecular flexibility index (Phi) is 5.63. The zero-order chi connectivity index (χ0) is 21.1. The van der Waals surface area contributed by atoms with E-state index in [4.69, 9.17) is 4.74 Å². The second-order valence-corrected chi connectivity index (χ2v) is 6.84. The van der Waals surface area contributed by atoms with Gasteiger partial charge in [0.15, 0.2) is 6.61 Å². The maximum atomic E-state index is 12.4. The average Bonchev–Trinajstić information content (AvgIpc) is 2.95. The summed E-state index contributed by atoms with van der Waals surface area (Å²) in [4.78, 5) is 22.8. The Morgan fingerprint density at radius 3 is 2.45 bits per heavy atom. The number of nitrogens with zero attached hydrogens (tertiary/aromatic N) is 3. The quantitative estimate of drug-likeness (QED) is 0.503. The van der Waals surface area contributed by atoms with E-state index >= 15 is 0 Å². The highest BCUT2D eigenvalue weighted by molar-refractivity contribution is 5.93. The number of ether oxygens (including phenoxy) is 1. The van der Waals surface area contributed by atoms with Crippen molar-refractivity contribution < 1.29 is 14.5 Å². The number of carbonyl (C=O) groups is 1. The molecule has 8 heteroatoms. The number of nitrogens with one attached hydrogen (secondary N) is 1. The molecule has 0 saturated carbocycles. The predicted molar refractivity (Wildman–Crippen MR) is 110 cm³/mol. The van der Waals surface area contributed by atoms with Gasteiger partial charge in [-0.25, -0.2) is 4.68 Å². The lowest BCUT2D eigenvalue weighted by Gasteiger charge is -2.09. The number of benzene rings is 2. The number of aromatic nitrogens is 2. The molecular weight excluding hydrogens is 372 g/mol. The van der Waals surface area contributed by atoms with Gasteiger partial charge in [-0.2, -0.15) is 5.10 Å². The lowest BCUT2D eigenvalue weighted by atomic mass is 10.2. The molecule has 0 unspecified atom stereocenters. The Bertz CT molecular complexity index is 1070. The van der Waals surface area contributed by atoms with E-state index in [0.717, 1.165) is 16.9 Å². The second kappa shape index (κ2) is 8.14. The minimum atomic E-state index is -0.455. The number of aryl methyl sites for hydroxylation is 3. The van der Waals surface area contributed by atoms with E-state index in [1.165, 1.54) is 18.2 Å². The zero-order valence-electron chi connectivity index (χ0n) is 16.7. The average molecular weight is 394 g/mol. The number of nitro benzene ring substituents is 1. The molecule has 0 saturated heterocycles. The van der Waals surface area contributed by atoms with E-state index in [0.29, 0.717) is 22.7 Å². The first kappa shape index (κ1) is 20.1. The van der Waals surface area contributed by atoms with Crippen LogP contribution < -0.4 is 10.1 Å². The third kappa shape index (κ3) is 4.43. The molecule has 8 nitrogen and oxygen atoms in total. The summed E-state index contributed by atoms with van der Waals surface area (Å²) in [7, 11) is 0. The van der Waals surface area contributed by atoms with Gasteiger partial charge in [-0.05, 0) is 52.0 Å². The number of amides is 1. The molecule has 0 spiro atoms. The third-order valence-electron chi connectivity index (χ3n) is 4.57. The van der Waals surface area contributed by atoms with Crippen molar-refractivity contribution >= 4 is 17.3 Å². The van der Waals surface area contributed by atoms with E-state index in [1.807, 2.05) is 45.0 Å². The van der Waals surface area contributed by atoms with Crippen molar-refractivity contribution in [1.82, 2.24) is 9.78 Å². The van der Waals surface area contributed by atoms with Crippen LogP contribution in [0.25, 0.3) is 5.69 Å². The first-order chi connectivity index (χ1) is 13.8. The van der Waals surface area contributed by atoms with Crippen molar-refractivity contribution in [3.05, 3.63) is 75.1 Å². The van der Waals surface area contributed by atoms with Crippen LogP contribution in [-0.2, 0) is 4.79 Å². The van der Waals surface area contributed by atoms with Gasteiger partial charge < -0.3 is 10.1 Å². The minimum Gasteiger partial charge on any atom is -0.484 e. The van der Waals surface area contributed by atoms with Crippen molar-refractivity contribution in [1.29, 1.82) is 0 Å². The van der Waals surface area contributed by atoms with Crippen molar-refractivity contribution in [3.63, 3.8) is 0 Å². The summed E-state index contributed by atoms with van der Waals surface area (Å²) in [5.41, 5.74) is 4.69. The van der Waals surface area contributed by atoms with E-state index in [1.54, 1.807) is 11.6 Å². The van der Waals surface area contributed by atoms with Gasteiger partial charge in [0.05, 0.1) is 27.7 Å². The van der Waals surface area contributed by atoms with Crippen molar-refractivity contribution in [2.45, 2.75) is 27.7 Å². The largest absolute Gasteiger partial charge is 0.484 e. The Balaban J connectivity index is 1.69. The Morgan fingerprint density at radius 2 is 1.83 bits per heavy atom. The van der Waals surface area contributed by atoms with Gasteiger partial charge in [-0.15, -0.1) is 0 Å². The van der Waals surface area contributed by atoms with Crippen LogP contribution in [0.15, 0.2) is 42.5 Å². The standard InChI is InChI=1S/C21H22N4O4/c1-13-5-7-17(8-6-13)24-16(4)21(15(3)23-24)22-20(26)12-29-18-9-10-19(25(27)28)14(2)11-18/h5-11H,12H2,1-4H3,(H,22,26). The van der Waals surface area contributed by atoms with E-state index in [-0.39, 0.29) is 18.2 Å². The molecular formula is C21H22N4O4.